The predicted molar refractivity (Wildman–Crippen MR) is 76.0 cm³/mol. The molecule has 2 N–H and O–H groups in total. The van der Waals surface area contributed by atoms with Gasteiger partial charge in [0, 0.05) is 25.3 Å². The SMILES string of the molecule is CC(NCC(=O)NC1CCOCC1)C1CCCCC1. The summed E-state index contributed by atoms with van der Waals surface area (Å²) in [6.07, 6.45) is 8.61. The molecule has 0 aromatic heterocycles. The number of carbonyl (C=O) groups is 1. The topological polar surface area (TPSA) is 50.4 Å². The number of hydrogen-bond acceptors (Lipinski definition) is 3. The molecular formula is C15H28N2O2. The van der Waals surface area contributed by atoms with Gasteiger partial charge < -0.3 is 15.4 Å². The van der Waals surface area contributed by atoms with Gasteiger partial charge in [-0.2, -0.15) is 0 Å². The molecule has 1 saturated carbocycles. The highest BCUT2D eigenvalue weighted by Crippen LogP contribution is 2.26. The lowest BCUT2D eigenvalue weighted by Crippen LogP contribution is -2.46. The van der Waals surface area contributed by atoms with Gasteiger partial charge in [0.15, 0.2) is 0 Å². The molecule has 1 saturated heterocycles. The Hall–Kier alpha value is -0.610. The zero-order valence-corrected chi connectivity index (χ0v) is 12.1. The maximum atomic E-state index is 11.9. The van der Waals surface area contributed by atoms with Crippen molar-refractivity contribution < 1.29 is 9.53 Å². The summed E-state index contributed by atoms with van der Waals surface area (Å²) < 4.78 is 5.29. The van der Waals surface area contributed by atoms with Crippen molar-refractivity contribution in [1.29, 1.82) is 0 Å². The Morgan fingerprint density at radius 3 is 2.53 bits per heavy atom. The van der Waals surface area contributed by atoms with Gasteiger partial charge in [-0.3, -0.25) is 4.79 Å². The Kier molecular flexibility index (Phi) is 6.11. The summed E-state index contributed by atoms with van der Waals surface area (Å²) >= 11 is 0. The van der Waals surface area contributed by atoms with Crippen molar-refractivity contribution in [3.63, 3.8) is 0 Å². The molecule has 0 spiro atoms. The molecule has 1 heterocycles. The quantitative estimate of drug-likeness (QED) is 0.800. The van der Waals surface area contributed by atoms with Crippen LogP contribution >= 0.6 is 0 Å². The van der Waals surface area contributed by atoms with Crippen LogP contribution in [0.15, 0.2) is 0 Å². The van der Waals surface area contributed by atoms with Gasteiger partial charge in [0.25, 0.3) is 0 Å². The Balaban J connectivity index is 1.61. The lowest BCUT2D eigenvalue weighted by Gasteiger charge is -2.29. The van der Waals surface area contributed by atoms with Gasteiger partial charge in [0.1, 0.15) is 0 Å². The van der Waals surface area contributed by atoms with Crippen LogP contribution in [-0.4, -0.2) is 37.7 Å². The van der Waals surface area contributed by atoms with E-state index in [1.807, 2.05) is 0 Å². The van der Waals surface area contributed by atoms with Crippen molar-refractivity contribution in [2.24, 2.45) is 5.92 Å². The van der Waals surface area contributed by atoms with Crippen molar-refractivity contribution in [1.82, 2.24) is 10.6 Å². The fourth-order valence-corrected chi connectivity index (χ4v) is 3.18. The molecular weight excluding hydrogens is 240 g/mol. The average molecular weight is 268 g/mol. The van der Waals surface area contributed by atoms with Crippen LogP contribution in [0.25, 0.3) is 0 Å². The molecule has 0 aromatic rings. The van der Waals surface area contributed by atoms with Crippen LogP contribution < -0.4 is 10.6 Å². The summed E-state index contributed by atoms with van der Waals surface area (Å²) in [6.45, 7) is 4.22. The minimum absolute atomic E-state index is 0.134. The lowest BCUT2D eigenvalue weighted by atomic mass is 9.84. The molecule has 1 amide bonds. The molecule has 1 aliphatic carbocycles. The van der Waals surface area contributed by atoms with Gasteiger partial charge >= 0.3 is 0 Å². The van der Waals surface area contributed by atoms with Gasteiger partial charge in [0.05, 0.1) is 6.54 Å². The van der Waals surface area contributed by atoms with Crippen LogP contribution in [0.2, 0.25) is 0 Å². The normalized spacial score (nSPS) is 24.1. The van der Waals surface area contributed by atoms with Crippen molar-refractivity contribution in [2.45, 2.75) is 64.0 Å². The Morgan fingerprint density at radius 1 is 1.16 bits per heavy atom. The molecule has 2 aliphatic rings. The maximum absolute atomic E-state index is 11.9. The molecule has 0 aromatic carbocycles. The van der Waals surface area contributed by atoms with E-state index in [0.717, 1.165) is 32.0 Å². The largest absolute Gasteiger partial charge is 0.381 e. The Morgan fingerprint density at radius 2 is 1.84 bits per heavy atom. The van der Waals surface area contributed by atoms with E-state index in [1.54, 1.807) is 0 Å². The summed E-state index contributed by atoms with van der Waals surface area (Å²) in [4.78, 5) is 11.9. The highest BCUT2D eigenvalue weighted by molar-refractivity contribution is 5.78. The zero-order valence-electron chi connectivity index (χ0n) is 12.1. The van der Waals surface area contributed by atoms with E-state index >= 15 is 0 Å². The molecule has 0 radical (unpaired) electrons. The molecule has 1 atom stereocenters. The number of amides is 1. The number of ether oxygens (including phenoxy) is 1. The van der Waals surface area contributed by atoms with Crippen LogP contribution in [0, 0.1) is 5.92 Å². The van der Waals surface area contributed by atoms with Gasteiger partial charge in [-0.1, -0.05) is 19.3 Å². The van der Waals surface area contributed by atoms with Crippen LogP contribution in [0.4, 0.5) is 0 Å². The van der Waals surface area contributed by atoms with Crippen LogP contribution in [0.5, 0.6) is 0 Å². The zero-order chi connectivity index (χ0) is 13.5. The minimum Gasteiger partial charge on any atom is -0.381 e. The molecule has 0 bridgehead atoms. The third-order valence-corrected chi connectivity index (χ3v) is 4.53. The summed E-state index contributed by atoms with van der Waals surface area (Å²) in [5.41, 5.74) is 0. The molecule has 1 aliphatic heterocycles. The summed E-state index contributed by atoms with van der Waals surface area (Å²) in [5.74, 6) is 0.888. The summed E-state index contributed by atoms with van der Waals surface area (Å²) in [7, 11) is 0. The Bertz CT molecular complexity index is 271. The summed E-state index contributed by atoms with van der Waals surface area (Å²) in [5, 5.41) is 6.49. The highest BCUT2D eigenvalue weighted by atomic mass is 16.5. The first kappa shape index (κ1) is 14.8. The number of carbonyl (C=O) groups excluding carboxylic acids is 1. The first-order valence-corrected chi connectivity index (χ1v) is 7.86. The molecule has 4 heteroatoms. The van der Waals surface area contributed by atoms with Crippen molar-refractivity contribution in [3.05, 3.63) is 0 Å². The average Bonchev–Trinajstić information content (AvgIpc) is 2.47. The van der Waals surface area contributed by atoms with E-state index in [-0.39, 0.29) is 5.91 Å². The Labute approximate surface area is 116 Å². The first-order valence-electron chi connectivity index (χ1n) is 7.86. The van der Waals surface area contributed by atoms with Crippen molar-refractivity contribution in [3.8, 4) is 0 Å². The van der Waals surface area contributed by atoms with E-state index in [1.165, 1.54) is 32.1 Å². The van der Waals surface area contributed by atoms with Crippen LogP contribution in [-0.2, 0) is 9.53 Å². The van der Waals surface area contributed by atoms with Gasteiger partial charge in [0.2, 0.25) is 5.91 Å². The second-order valence-electron chi connectivity index (χ2n) is 6.02. The van der Waals surface area contributed by atoms with Gasteiger partial charge in [-0.15, -0.1) is 0 Å². The third kappa shape index (κ3) is 5.11. The molecule has 4 nitrogen and oxygen atoms in total. The predicted octanol–water partition coefficient (Wildman–Crippen LogP) is 1.84. The third-order valence-electron chi connectivity index (χ3n) is 4.53. The van der Waals surface area contributed by atoms with Gasteiger partial charge in [-0.05, 0) is 38.5 Å². The maximum Gasteiger partial charge on any atom is 0.234 e. The monoisotopic (exact) mass is 268 g/mol. The van der Waals surface area contributed by atoms with E-state index in [9.17, 15) is 4.79 Å². The first-order chi connectivity index (χ1) is 9.25. The van der Waals surface area contributed by atoms with Crippen molar-refractivity contribution in [2.75, 3.05) is 19.8 Å². The molecule has 19 heavy (non-hydrogen) atoms. The molecule has 110 valence electrons. The molecule has 2 fully saturated rings. The minimum atomic E-state index is 0.134. The standard InChI is InChI=1S/C15H28N2O2/c1-12(13-5-3-2-4-6-13)16-11-15(18)17-14-7-9-19-10-8-14/h12-14,16H,2-11H2,1H3,(H,17,18). The lowest BCUT2D eigenvalue weighted by molar-refractivity contribution is -0.121. The summed E-state index contributed by atoms with van der Waals surface area (Å²) in [6, 6.07) is 0.772. The second kappa shape index (κ2) is 7.85. The van der Waals surface area contributed by atoms with Gasteiger partial charge in [-0.25, -0.2) is 0 Å². The van der Waals surface area contributed by atoms with E-state index < -0.39 is 0 Å². The number of hydrogen-bond donors (Lipinski definition) is 2. The van der Waals surface area contributed by atoms with E-state index in [2.05, 4.69) is 17.6 Å². The fraction of sp³-hybridized carbons (Fsp3) is 0.933. The smallest absolute Gasteiger partial charge is 0.234 e. The van der Waals surface area contributed by atoms with E-state index in [0.29, 0.717) is 18.6 Å². The number of rotatable bonds is 5. The van der Waals surface area contributed by atoms with Crippen LogP contribution in [0.3, 0.4) is 0 Å². The van der Waals surface area contributed by atoms with E-state index in [4.69, 9.17) is 4.74 Å². The molecule has 1 unspecified atom stereocenters. The van der Waals surface area contributed by atoms with Crippen molar-refractivity contribution >= 4 is 5.91 Å². The number of nitrogens with one attached hydrogen (secondary N) is 2. The fourth-order valence-electron chi connectivity index (χ4n) is 3.18. The molecule has 2 rings (SSSR count). The highest BCUT2D eigenvalue weighted by Gasteiger charge is 2.21. The van der Waals surface area contributed by atoms with Crippen LogP contribution in [0.1, 0.15) is 51.9 Å². The second-order valence-corrected chi connectivity index (χ2v) is 6.02.